The van der Waals surface area contributed by atoms with Crippen LogP contribution >= 0.6 is 0 Å². The van der Waals surface area contributed by atoms with Crippen LogP contribution in [0, 0.1) is 5.92 Å². The Hall–Kier alpha value is -2.32. The Labute approximate surface area is 172 Å². The van der Waals surface area contributed by atoms with Crippen LogP contribution in [0.3, 0.4) is 0 Å². The van der Waals surface area contributed by atoms with Gasteiger partial charge in [0.25, 0.3) is 0 Å². The molecule has 0 spiro atoms. The smallest absolute Gasteiger partial charge is 0.238 e. The zero-order valence-electron chi connectivity index (χ0n) is 16.8. The highest BCUT2D eigenvalue weighted by Crippen LogP contribution is 2.23. The molecule has 158 valence electrons. The summed E-state index contributed by atoms with van der Waals surface area (Å²) in [6.45, 7) is 3.46. The Bertz CT molecular complexity index is 893. The van der Waals surface area contributed by atoms with E-state index in [9.17, 15) is 8.42 Å². The summed E-state index contributed by atoms with van der Waals surface area (Å²) in [5.74, 6) is 2.42. The number of hydrogen-bond donors (Lipinski definition) is 3. The van der Waals surface area contributed by atoms with Crippen molar-refractivity contribution < 1.29 is 12.8 Å². The summed E-state index contributed by atoms with van der Waals surface area (Å²) >= 11 is 0. The largest absolute Gasteiger partial charge is 0.469 e. The van der Waals surface area contributed by atoms with Crippen LogP contribution in [-0.2, 0) is 23.0 Å². The zero-order valence-corrected chi connectivity index (χ0v) is 17.6. The van der Waals surface area contributed by atoms with Gasteiger partial charge in [0, 0.05) is 19.0 Å². The second-order valence-electron chi connectivity index (χ2n) is 7.72. The summed E-state index contributed by atoms with van der Waals surface area (Å²) in [6.07, 6.45) is 7.25. The number of aliphatic imine (C=N–C) groups is 1. The Balaban J connectivity index is 1.63. The van der Waals surface area contributed by atoms with E-state index in [0.29, 0.717) is 19.1 Å². The number of primary sulfonamides is 1. The van der Waals surface area contributed by atoms with Crippen LogP contribution in [-0.4, -0.2) is 27.0 Å². The van der Waals surface area contributed by atoms with Gasteiger partial charge in [-0.25, -0.2) is 18.5 Å². The Kier molecular flexibility index (Phi) is 7.33. The number of furan rings is 1. The van der Waals surface area contributed by atoms with Gasteiger partial charge in [0.05, 0.1) is 17.7 Å². The van der Waals surface area contributed by atoms with Crippen molar-refractivity contribution in [3.63, 3.8) is 0 Å². The van der Waals surface area contributed by atoms with E-state index < -0.39 is 10.0 Å². The van der Waals surface area contributed by atoms with Crippen LogP contribution < -0.4 is 15.8 Å². The van der Waals surface area contributed by atoms with Gasteiger partial charge in [-0.3, -0.25) is 0 Å². The zero-order chi connectivity index (χ0) is 20.7. The first kappa shape index (κ1) is 21.4. The third-order valence-corrected chi connectivity index (χ3v) is 6.12. The molecule has 2 aromatic rings. The van der Waals surface area contributed by atoms with Crippen molar-refractivity contribution in [2.24, 2.45) is 16.0 Å². The van der Waals surface area contributed by atoms with Gasteiger partial charge in [-0.1, -0.05) is 31.9 Å². The third-order valence-electron chi connectivity index (χ3n) is 5.19. The molecule has 0 radical (unpaired) electrons. The minimum Gasteiger partial charge on any atom is -0.469 e. The van der Waals surface area contributed by atoms with Crippen LogP contribution in [0.2, 0.25) is 0 Å². The van der Waals surface area contributed by atoms with Crippen molar-refractivity contribution in [2.75, 3.05) is 6.54 Å². The van der Waals surface area contributed by atoms with E-state index in [2.05, 4.69) is 17.6 Å². The first-order chi connectivity index (χ1) is 13.9. The molecule has 1 aromatic heterocycles. The molecule has 1 aliphatic rings. The SMILES string of the molecule is CC1CCCC(NC(=NCc2ccc(S(N)(=O)=O)cc2)NCCc2ccco2)C1. The van der Waals surface area contributed by atoms with Crippen LogP contribution in [0.5, 0.6) is 0 Å². The van der Waals surface area contributed by atoms with Gasteiger partial charge in [-0.15, -0.1) is 0 Å². The quantitative estimate of drug-likeness (QED) is 0.473. The molecule has 0 amide bonds. The topological polar surface area (TPSA) is 110 Å². The maximum absolute atomic E-state index is 11.4. The molecule has 7 nitrogen and oxygen atoms in total. The molecule has 1 heterocycles. The van der Waals surface area contributed by atoms with E-state index >= 15 is 0 Å². The van der Waals surface area contributed by atoms with Crippen molar-refractivity contribution in [3.8, 4) is 0 Å². The first-order valence-corrected chi connectivity index (χ1v) is 11.6. The lowest BCUT2D eigenvalue weighted by Gasteiger charge is -2.29. The van der Waals surface area contributed by atoms with E-state index in [4.69, 9.17) is 14.5 Å². The van der Waals surface area contributed by atoms with Crippen LogP contribution in [0.25, 0.3) is 0 Å². The summed E-state index contributed by atoms with van der Waals surface area (Å²) in [7, 11) is -3.68. The summed E-state index contributed by atoms with van der Waals surface area (Å²) in [6, 6.07) is 10.8. The number of nitrogens with one attached hydrogen (secondary N) is 2. The van der Waals surface area contributed by atoms with Gasteiger partial charge in [-0.05, 0) is 48.6 Å². The lowest BCUT2D eigenvalue weighted by atomic mass is 9.87. The van der Waals surface area contributed by atoms with Crippen molar-refractivity contribution in [1.29, 1.82) is 0 Å². The monoisotopic (exact) mass is 418 g/mol. The average Bonchev–Trinajstić information content (AvgIpc) is 3.19. The summed E-state index contributed by atoms with van der Waals surface area (Å²) in [5.41, 5.74) is 0.918. The maximum Gasteiger partial charge on any atom is 0.238 e. The lowest BCUT2D eigenvalue weighted by molar-refractivity contribution is 0.324. The number of sulfonamides is 1. The molecule has 8 heteroatoms. The number of hydrogen-bond acceptors (Lipinski definition) is 4. The second kappa shape index (κ2) is 9.93. The fourth-order valence-electron chi connectivity index (χ4n) is 3.62. The molecule has 2 atom stereocenters. The molecule has 2 unspecified atom stereocenters. The molecule has 29 heavy (non-hydrogen) atoms. The number of benzene rings is 1. The van der Waals surface area contributed by atoms with Crippen molar-refractivity contribution >= 4 is 16.0 Å². The molecule has 4 N–H and O–H groups in total. The predicted molar refractivity (Wildman–Crippen MR) is 114 cm³/mol. The van der Waals surface area contributed by atoms with Crippen LogP contribution in [0.4, 0.5) is 0 Å². The number of nitrogens with two attached hydrogens (primary N) is 1. The molecule has 1 aromatic carbocycles. The van der Waals surface area contributed by atoms with Gasteiger partial charge in [0.1, 0.15) is 5.76 Å². The highest BCUT2D eigenvalue weighted by molar-refractivity contribution is 7.89. The van der Waals surface area contributed by atoms with Crippen LogP contribution in [0.1, 0.15) is 43.9 Å². The minimum atomic E-state index is -3.68. The number of guanidine groups is 1. The molecule has 1 fully saturated rings. The number of rotatable bonds is 7. The summed E-state index contributed by atoms with van der Waals surface area (Å²) < 4.78 is 28.2. The summed E-state index contributed by atoms with van der Waals surface area (Å²) in [4.78, 5) is 4.81. The van der Waals surface area contributed by atoms with E-state index in [0.717, 1.165) is 42.5 Å². The van der Waals surface area contributed by atoms with E-state index in [-0.39, 0.29) is 4.90 Å². The molecular formula is C21H30N4O3S. The molecule has 1 saturated carbocycles. The average molecular weight is 419 g/mol. The highest BCUT2D eigenvalue weighted by atomic mass is 32.2. The Morgan fingerprint density at radius 1 is 1.24 bits per heavy atom. The van der Waals surface area contributed by atoms with Crippen molar-refractivity contribution in [2.45, 2.75) is 56.5 Å². The van der Waals surface area contributed by atoms with Gasteiger partial charge >= 0.3 is 0 Å². The van der Waals surface area contributed by atoms with Crippen molar-refractivity contribution in [1.82, 2.24) is 10.6 Å². The fraction of sp³-hybridized carbons (Fsp3) is 0.476. The normalized spacial score (nSPS) is 20.4. The first-order valence-electron chi connectivity index (χ1n) is 10.1. The molecular weight excluding hydrogens is 388 g/mol. The van der Waals surface area contributed by atoms with Gasteiger partial charge in [-0.2, -0.15) is 0 Å². The van der Waals surface area contributed by atoms with E-state index in [1.165, 1.54) is 25.0 Å². The second-order valence-corrected chi connectivity index (χ2v) is 9.28. The standard InChI is InChI=1S/C21H30N4O3S/c1-16-4-2-5-18(14-16)25-21(23-12-11-19-6-3-13-28-19)24-15-17-7-9-20(10-8-17)29(22,26)27/h3,6-10,13,16,18H,2,4-5,11-12,14-15H2,1H3,(H2,22,26,27)(H2,23,24,25). The Morgan fingerprint density at radius 3 is 2.69 bits per heavy atom. The minimum absolute atomic E-state index is 0.108. The molecule has 3 rings (SSSR count). The lowest BCUT2D eigenvalue weighted by Crippen LogP contribution is -2.45. The number of nitrogens with zero attached hydrogens (tertiary/aromatic N) is 1. The predicted octanol–water partition coefficient (Wildman–Crippen LogP) is 2.78. The van der Waals surface area contributed by atoms with Gasteiger partial charge in [0.2, 0.25) is 10.0 Å². The van der Waals surface area contributed by atoms with Gasteiger partial charge in [0.15, 0.2) is 5.96 Å². The molecule has 0 aliphatic heterocycles. The highest BCUT2D eigenvalue weighted by Gasteiger charge is 2.19. The van der Waals surface area contributed by atoms with Crippen molar-refractivity contribution in [3.05, 3.63) is 54.0 Å². The van der Waals surface area contributed by atoms with E-state index in [1.807, 2.05) is 12.1 Å². The fourth-order valence-corrected chi connectivity index (χ4v) is 4.14. The third kappa shape index (κ3) is 6.90. The molecule has 1 aliphatic carbocycles. The van der Waals surface area contributed by atoms with Gasteiger partial charge < -0.3 is 15.1 Å². The molecule has 0 saturated heterocycles. The molecule has 0 bridgehead atoms. The van der Waals surface area contributed by atoms with Crippen LogP contribution in [0.15, 0.2) is 57.0 Å². The Morgan fingerprint density at radius 2 is 2.03 bits per heavy atom. The maximum atomic E-state index is 11.4. The summed E-state index contributed by atoms with van der Waals surface area (Å²) in [5, 5.41) is 12.1. The van der Waals surface area contributed by atoms with E-state index in [1.54, 1.807) is 18.4 Å².